The minimum absolute atomic E-state index is 0.552. The Hall–Kier alpha value is -1.84. The van der Waals surface area contributed by atoms with Gasteiger partial charge in [0.05, 0.1) is 7.11 Å². The SMILES string of the molecule is COC1=NC=NCN1c1ccccc1. The highest BCUT2D eigenvalue weighted by molar-refractivity contribution is 5.97. The Labute approximate surface area is 82.5 Å². The second kappa shape index (κ2) is 3.91. The number of methoxy groups -OCH3 is 1. The zero-order valence-electron chi connectivity index (χ0n) is 7.92. The van der Waals surface area contributed by atoms with Crippen molar-refractivity contribution >= 4 is 18.0 Å². The molecular formula is C10H11N3O. The number of para-hydroxylation sites is 1. The van der Waals surface area contributed by atoms with Gasteiger partial charge in [0.1, 0.15) is 13.0 Å². The summed E-state index contributed by atoms with van der Waals surface area (Å²) in [5, 5.41) is 0. The van der Waals surface area contributed by atoms with Gasteiger partial charge >= 0.3 is 0 Å². The normalized spacial score (nSPS) is 15.2. The molecule has 1 heterocycles. The Kier molecular flexibility index (Phi) is 2.44. The fourth-order valence-electron chi connectivity index (χ4n) is 1.30. The fourth-order valence-corrected chi connectivity index (χ4v) is 1.30. The molecule has 1 aromatic carbocycles. The average molecular weight is 189 g/mol. The lowest BCUT2D eigenvalue weighted by Gasteiger charge is -2.23. The van der Waals surface area contributed by atoms with E-state index in [1.165, 1.54) is 6.34 Å². The maximum absolute atomic E-state index is 5.14. The molecule has 0 spiro atoms. The van der Waals surface area contributed by atoms with E-state index < -0.39 is 0 Å². The first-order valence-corrected chi connectivity index (χ1v) is 4.34. The molecule has 1 aliphatic rings. The summed E-state index contributed by atoms with van der Waals surface area (Å²) in [6, 6.07) is 10.5. The number of aliphatic imine (C=N–C) groups is 2. The number of rotatable bonds is 1. The molecule has 0 bridgehead atoms. The largest absolute Gasteiger partial charge is 0.468 e. The Balaban J connectivity index is 2.27. The number of anilines is 1. The van der Waals surface area contributed by atoms with Gasteiger partial charge in [-0.3, -0.25) is 9.89 Å². The zero-order chi connectivity index (χ0) is 9.80. The third-order valence-electron chi connectivity index (χ3n) is 1.95. The van der Waals surface area contributed by atoms with Crippen LogP contribution in [0.2, 0.25) is 0 Å². The molecule has 1 aliphatic heterocycles. The Bertz CT molecular complexity index is 359. The van der Waals surface area contributed by atoms with E-state index >= 15 is 0 Å². The topological polar surface area (TPSA) is 37.2 Å². The third kappa shape index (κ3) is 1.59. The van der Waals surface area contributed by atoms with Crippen LogP contribution in [0, 0.1) is 0 Å². The van der Waals surface area contributed by atoms with Crippen LogP contribution in [0.5, 0.6) is 0 Å². The molecule has 0 fully saturated rings. The second-order valence-corrected chi connectivity index (χ2v) is 2.82. The van der Waals surface area contributed by atoms with Crippen molar-refractivity contribution in [2.24, 2.45) is 9.98 Å². The summed E-state index contributed by atoms with van der Waals surface area (Å²) in [5.74, 6) is 0. The minimum atomic E-state index is 0.552. The molecule has 0 amide bonds. The van der Waals surface area contributed by atoms with E-state index in [9.17, 15) is 0 Å². The Morgan fingerprint density at radius 3 is 2.79 bits per heavy atom. The summed E-state index contributed by atoms with van der Waals surface area (Å²) in [4.78, 5) is 10.0. The first kappa shape index (κ1) is 8.74. The summed E-state index contributed by atoms with van der Waals surface area (Å²) < 4.78 is 5.14. The van der Waals surface area contributed by atoms with Crippen molar-refractivity contribution < 1.29 is 4.74 Å². The lowest BCUT2D eigenvalue weighted by molar-refractivity contribution is 0.391. The number of nitrogens with zero attached hydrogens (tertiary/aromatic N) is 3. The number of amidine groups is 1. The van der Waals surface area contributed by atoms with Crippen LogP contribution in [0.25, 0.3) is 0 Å². The van der Waals surface area contributed by atoms with Gasteiger partial charge in [0.15, 0.2) is 0 Å². The van der Waals surface area contributed by atoms with Crippen LogP contribution in [-0.4, -0.2) is 26.1 Å². The third-order valence-corrected chi connectivity index (χ3v) is 1.95. The standard InChI is InChI=1S/C10H11N3O/c1-14-10-12-7-11-8-13(10)9-5-3-2-4-6-9/h2-7H,8H2,1H3. The molecule has 0 saturated heterocycles. The van der Waals surface area contributed by atoms with Crippen molar-refractivity contribution in [3.63, 3.8) is 0 Å². The van der Waals surface area contributed by atoms with E-state index in [0.717, 1.165) is 5.69 Å². The summed E-state index contributed by atoms with van der Waals surface area (Å²) in [5.41, 5.74) is 1.03. The maximum atomic E-state index is 5.14. The van der Waals surface area contributed by atoms with Crippen LogP contribution in [0.15, 0.2) is 40.3 Å². The molecule has 72 valence electrons. The zero-order valence-corrected chi connectivity index (χ0v) is 7.92. The molecule has 4 heteroatoms. The fraction of sp³-hybridized carbons (Fsp3) is 0.200. The molecular weight excluding hydrogens is 178 g/mol. The quantitative estimate of drug-likeness (QED) is 0.671. The van der Waals surface area contributed by atoms with E-state index in [1.54, 1.807) is 7.11 Å². The summed E-state index contributed by atoms with van der Waals surface area (Å²) >= 11 is 0. The summed E-state index contributed by atoms with van der Waals surface area (Å²) in [6.45, 7) is 0.552. The first-order valence-electron chi connectivity index (χ1n) is 4.34. The minimum Gasteiger partial charge on any atom is -0.468 e. The molecule has 0 radical (unpaired) electrons. The van der Waals surface area contributed by atoms with E-state index in [4.69, 9.17) is 4.74 Å². The Morgan fingerprint density at radius 2 is 2.07 bits per heavy atom. The van der Waals surface area contributed by atoms with Crippen LogP contribution < -0.4 is 4.90 Å². The first-order chi connectivity index (χ1) is 6.92. The lowest BCUT2D eigenvalue weighted by Crippen LogP contribution is -2.34. The van der Waals surface area contributed by atoms with Gasteiger partial charge in [0.2, 0.25) is 0 Å². The van der Waals surface area contributed by atoms with Gasteiger partial charge in [-0.2, -0.15) is 4.99 Å². The molecule has 0 aromatic heterocycles. The molecule has 14 heavy (non-hydrogen) atoms. The van der Waals surface area contributed by atoms with Crippen molar-refractivity contribution in [2.75, 3.05) is 18.7 Å². The van der Waals surface area contributed by atoms with Gasteiger partial charge in [-0.05, 0) is 12.1 Å². The molecule has 1 aromatic rings. The maximum Gasteiger partial charge on any atom is 0.299 e. The predicted molar refractivity (Wildman–Crippen MR) is 56.7 cm³/mol. The van der Waals surface area contributed by atoms with Crippen molar-refractivity contribution in [1.29, 1.82) is 0 Å². The predicted octanol–water partition coefficient (Wildman–Crippen LogP) is 1.49. The number of hydrogen-bond donors (Lipinski definition) is 0. The number of ether oxygens (including phenoxy) is 1. The second-order valence-electron chi connectivity index (χ2n) is 2.82. The highest BCUT2D eigenvalue weighted by Crippen LogP contribution is 2.15. The number of hydrogen-bond acceptors (Lipinski definition) is 4. The van der Waals surface area contributed by atoms with Crippen molar-refractivity contribution in [3.05, 3.63) is 30.3 Å². The van der Waals surface area contributed by atoms with Gasteiger partial charge in [-0.15, -0.1) is 0 Å². The van der Waals surface area contributed by atoms with Gasteiger partial charge in [-0.1, -0.05) is 18.2 Å². The van der Waals surface area contributed by atoms with Crippen molar-refractivity contribution in [3.8, 4) is 0 Å². The molecule has 0 atom stereocenters. The van der Waals surface area contributed by atoms with Gasteiger partial charge in [0.25, 0.3) is 6.02 Å². The van der Waals surface area contributed by atoms with Crippen LogP contribution >= 0.6 is 0 Å². The summed E-state index contributed by atoms with van der Waals surface area (Å²) in [7, 11) is 1.61. The number of benzene rings is 1. The van der Waals surface area contributed by atoms with Crippen molar-refractivity contribution in [1.82, 2.24) is 0 Å². The smallest absolute Gasteiger partial charge is 0.299 e. The molecule has 0 unspecified atom stereocenters. The van der Waals surface area contributed by atoms with E-state index in [-0.39, 0.29) is 0 Å². The van der Waals surface area contributed by atoms with Crippen LogP contribution in [0.3, 0.4) is 0 Å². The lowest BCUT2D eigenvalue weighted by atomic mass is 10.3. The average Bonchev–Trinajstić information content (AvgIpc) is 2.30. The van der Waals surface area contributed by atoms with Gasteiger partial charge in [0, 0.05) is 5.69 Å². The Morgan fingerprint density at radius 1 is 1.29 bits per heavy atom. The van der Waals surface area contributed by atoms with Gasteiger partial charge in [-0.25, -0.2) is 0 Å². The van der Waals surface area contributed by atoms with Crippen molar-refractivity contribution in [2.45, 2.75) is 0 Å². The molecule has 0 N–H and O–H groups in total. The van der Waals surface area contributed by atoms with Crippen LogP contribution in [0.1, 0.15) is 0 Å². The molecule has 4 nitrogen and oxygen atoms in total. The van der Waals surface area contributed by atoms with E-state index in [0.29, 0.717) is 12.7 Å². The monoisotopic (exact) mass is 189 g/mol. The molecule has 0 saturated carbocycles. The summed E-state index contributed by atoms with van der Waals surface area (Å²) in [6.07, 6.45) is 1.51. The van der Waals surface area contributed by atoms with E-state index in [2.05, 4.69) is 9.98 Å². The highest BCUT2D eigenvalue weighted by Gasteiger charge is 2.14. The molecule has 2 rings (SSSR count). The van der Waals surface area contributed by atoms with E-state index in [1.807, 2.05) is 35.2 Å². The van der Waals surface area contributed by atoms with Gasteiger partial charge < -0.3 is 4.74 Å². The molecule has 0 aliphatic carbocycles. The highest BCUT2D eigenvalue weighted by atomic mass is 16.5. The van der Waals surface area contributed by atoms with Crippen LogP contribution in [-0.2, 0) is 4.74 Å². The van der Waals surface area contributed by atoms with Crippen LogP contribution in [0.4, 0.5) is 5.69 Å².